The van der Waals surface area contributed by atoms with Gasteiger partial charge in [0.25, 0.3) is 0 Å². The highest BCUT2D eigenvalue weighted by atomic mass is 15.1. The van der Waals surface area contributed by atoms with Crippen LogP contribution in [0, 0.1) is 0 Å². The van der Waals surface area contributed by atoms with E-state index in [1.54, 1.807) is 0 Å². The summed E-state index contributed by atoms with van der Waals surface area (Å²) in [7, 11) is 0. The van der Waals surface area contributed by atoms with Crippen LogP contribution in [0.4, 0.5) is 17.1 Å². The topological polar surface area (TPSA) is 8.17 Å². The highest BCUT2D eigenvalue weighted by Gasteiger charge is 2.25. The minimum absolute atomic E-state index is 0.586. The molecule has 0 unspecified atom stereocenters. The zero-order valence-corrected chi connectivity index (χ0v) is 32.6. The molecule has 1 saturated carbocycles. The lowest BCUT2D eigenvalue weighted by Gasteiger charge is -2.31. The third-order valence-corrected chi connectivity index (χ3v) is 12.6. The van der Waals surface area contributed by atoms with Crippen LogP contribution >= 0.6 is 0 Å². The molecular formula is C56H44N2. The maximum atomic E-state index is 2.53. The molecule has 0 N–H and O–H groups in total. The summed E-state index contributed by atoms with van der Waals surface area (Å²) in [6.45, 7) is 0. The van der Waals surface area contributed by atoms with E-state index in [1.165, 1.54) is 115 Å². The summed E-state index contributed by atoms with van der Waals surface area (Å²) < 4.78 is 2.39. The van der Waals surface area contributed by atoms with Gasteiger partial charge in [0.2, 0.25) is 0 Å². The van der Waals surface area contributed by atoms with E-state index in [2.05, 4.69) is 210 Å². The van der Waals surface area contributed by atoms with Gasteiger partial charge in [-0.2, -0.15) is 0 Å². The summed E-state index contributed by atoms with van der Waals surface area (Å²) in [6, 6.07) is 74.1. The zero-order chi connectivity index (χ0) is 38.4. The van der Waals surface area contributed by atoms with E-state index >= 15 is 0 Å². The van der Waals surface area contributed by atoms with Gasteiger partial charge in [0.05, 0.1) is 28.1 Å². The van der Waals surface area contributed by atoms with E-state index in [0.717, 1.165) is 11.4 Å². The van der Waals surface area contributed by atoms with Gasteiger partial charge in [-0.25, -0.2) is 0 Å². The van der Waals surface area contributed by atoms with Crippen molar-refractivity contribution in [2.24, 2.45) is 0 Å². The molecule has 1 fully saturated rings. The van der Waals surface area contributed by atoms with Crippen molar-refractivity contribution in [2.45, 2.75) is 38.0 Å². The molecule has 2 heteroatoms. The Hall–Kier alpha value is -6.90. The van der Waals surface area contributed by atoms with Crippen molar-refractivity contribution in [3.63, 3.8) is 0 Å². The second-order valence-electron chi connectivity index (χ2n) is 15.9. The average molecular weight is 745 g/mol. The van der Waals surface area contributed by atoms with Crippen molar-refractivity contribution in [1.82, 2.24) is 4.57 Å². The summed E-state index contributed by atoms with van der Waals surface area (Å²) in [5, 5.41) is 7.65. The fraction of sp³-hybridized carbons (Fsp3) is 0.107. The molecule has 0 radical (unpaired) electrons. The predicted octanol–water partition coefficient (Wildman–Crippen LogP) is 15.9. The molecule has 0 atom stereocenters. The van der Waals surface area contributed by atoms with Gasteiger partial charge in [-0.15, -0.1) is 0 Å². The van der Waals surface area contributed by atoms with Crippen molar-refractivity contribution in [3.05, 3.63) is 206 Å². The number of anilines is 3. The molecule has 2 nitrogen and oxygen atoms in total. The Balaban J connectivity index is 1.16. The van der Waals surface area contributed by atoms with E-state index in [9.17, 15) is 0 Å². The van der Waals surface area contributed by atoms with E-state index in [1.807, 2.05) is 0 Å². The van der Waals surface area contributed by atoms with Crippen LogP contribution in [-0.4, -0.2) is 4.57 Å². The third-order valence-electron chi connectivity index (χ3n) is 12.6. The molecule has 0 amide bonds. The van der Waals surface area contributed by atoms with Gasteiger partial charge in [-0.3, -0.25) is 0 Å². The molecule has 11 rings (SSSR count). The molecule has 1 aliphatic carbocycles. The molecule has 58 heavy (non-hydrogen) atoms. The molecule has 0 aliphatic heterocycles. The number of hydrogen-bond acceptors (Lipinski definition) is 1. The Kier molecular flexibility index (Phi) is 8.62. The molecule has 278 valence electrons. The quantitative estimate of drug-likeness (QED) is 0.158. The van der Waals surface area contributed by atoms with Crippen LogP contribution in [-0.2, 0) is 0 Å². The molecule has 1 aromatic heterocycles. The standard InChI is InChI=1S/C56H44N2/c1-3-18-40(19-4-1)46-30-15-22-41-23-16-31-49(56(41)46)47-28-10-14-34-54(47)58(52-35-17-21-39-20-7-8-26-44(39)52)51-32-12-9-27-45(51)42-36-37-55-50(38-42)48-29-11-13-33-53(48)57(55)43-24-5-2-6-25-43/h2,5-17,20-38,40H,1,3-4,18-19H2. The number of hydrogen-bond donors (Lipinski definition) is 0. The van der Waals surface area contributed by atoms with E-state index in [4.69, 9.17) is 0 Å². The lowest BCUT2D eigenvalue weighted by molar-refractivity contribution is 0.445. The van der Waals surface area contributed by atoms with Gasteiger partial charge in [0, 0.05) is 33.0 Å². The molecular weight excluding hydrogens is 701 g/mol. The van der Waals surface area contributed by atoms with Gasteiger partial charge < -0.3 is 9.47 Å². The molecule has 0 spiro atoms. The van der Waals surface area contributed by atoms with Crippen molar-refractivity contribution in [2.75, 3.05) is 4.90 Å². The first-order valence-corrected chi connectivity index (χ1v) is 20.9. The lowest BCUT2D eigenvalue weighted by Crippen LogP contribution is -2.13. The summed E-state index contributed by atoms with van der Waals surface area (Å²) in [5.41, 5.74) is 13.5. The van der Waals surface area contributed by atoms with Crippen LogP contribution in [0.1, 0.15) is 43.6 Å². The largest absolute Gasteiger partial charge is 0.309 e. The molecule has 1 aliphatic rings. The first-order valence-electron chi connectivity index (χ1n) is 20.9. The predicted molar refractivity (Wildman–Crippen MR) is 247 cm³/mol. The van der Waals surface area contributed by atoms with E-state index < -0.39 is 0 Å². The minimum Gasteiger partial charge on any atom is -0.309 e. The summed E-state index contributed by atoms with van der Waals surface area (Å²) >= 11 is 0. The monoisotopic (exact) mass is 744 g/mol. The summed E-state index contributed by atoms with van der Waals surface area (Å²) in [6.07, 6.45) is 6.49. The van der Waals surface area contributed by atoms with E-state index in [-0.39, 0.29) is 0 Å². The number of benzene rings is 9. The fourth-order valence-electron chi connectivity index (χ4n) is 9.95. The van der Waals surface area contributed by atoms with Gasteiger partial charge >= 0.3 is 0 Å². The van der Waals surface area contributed by atoms with Crippen molar-refractivity contribution >= 4 is 60.4 Å². The summed E-state index contributed by atoms with van der Waals surface area (Å²) in [5.74, 6) is 0.586. The van der Waals surface area contributed by atoms with Crippen molar-refractivity contribution < 1.29 is 0 Å². The van der Waals surface area contributed by atoms with Crippen molar-refractivity contribution in [1.29, 1.82) is 0 Å². The normalized spacial score (nSPS) is 13.4. The SMILES string of the molecule is c1ccc(-n2c3ccccc3c3cc(-c4ccccc4N(c4ccccc4-c4cccc5cccc(C6CCCCC6)c45)c4cccc5ccccc45)ccc32)cc1. The van der Waals surface area contributed by atoms with Crippen LogP contribution in [0.2, 0.25) is 0 Å². The number of nitrogens with zero attached hydrogens (tertiary/aromatic N) is 2. The van der Waals surface area contributed by atoms with Crippen LogP contribution in [0.15, 0.2) is 200 Å². The van der Waals surface area contributed by atoms with Gasteiger partial charge in [0.15, 0.2) is 0 Å². The zero-order valence-electron chi connectivity index (χ0n) is 32.6. The fourth-order valence-corrected chi connectivity index (χ4v) is 9.95. The minimum atomic E-state index is 0.586. The van der Waals surface area contributed by atoms with Gasteiger partial charge in [0.1, 0.15) is 0 Å². The van der Waals surface area contributed by atoms with Crippen LogP contribution in [0.25, 0.3) is 71.3 Å². The number of para-hydroxylation sites is 4. The Bertz CT molecular complexity index is 3100. The first kappa shape index (κ1) is 34.4. The third kappa shape index (κ3) is 5.79. The Morgan fingerprint density at radius 2 is 0.983 bits per heavy atom. The number of fused-ring (bicyclic) bond motifs is 5. The van der Waals surface area contributed by atoms with Crippen LogP contribution in [0.5, 0.6) is 0 Å². The maximum Gasteiger partial charge on any atom is 0.0541 e. The highest BCUT2D eigenvalue weighted by Crippen LogP contribution is 2.49. The Morgan fingerprint density at radius 1 is 0.397 bits per heavy atom. The molecule has 0 saturated heterocycles. The second-order valence-corrected chi connectivity index (χ2v) is 15.9. The van der Waals surface area contributed by atoms with Gasteiger partial charge in [-0.05, 0) is 100 Å². The second kappa shape index (κ2) is 14.6. The van der Waals surface area contributed by atoms with Crippen LogP contribution < -0.4 is 4.90 Å². The van der Waals surface area contributed by atoms with Crippen LogP contribution in [0.3, 0.4) is 0 Å². The van der Waals surface area contributed by atoms with E-state index in [0.29, 0.717) is 5.92 Å². The Morgan fingerprint density at radius 3 is 1.83 bits per heavy atom. The lowest BCUT2D eigenvalue weighted by atomic mass is 9.80. The molecule has 0 bridgehead atoms. The first-order chi connectivity index (χ1) is 28.8. The smallest absolute Gasteiger partial charge is 0.0541 e. The number of rotatable bonds is 7. The molecule has 9 aromatic carbocycles. The molecule has 1 heterocycles. The van der Waals surface area contributed by atoms with Gasteiger partial charge in [-0.1, -0.05) is 171 Å². The maximum absolute atomic E-state index is 2.53. The average Bonchev–Trinajstić information content (AvgIpc) is 3.63. The highest BCUT2D eigenvalue weighted by molar-refractivity contribution is 6.12. The number of aromatic nitrogens is 1. The summed E-state index contributed by atoms with van der Waals surface area (Å²) in [4.78, 5) is 2.53. The van der Waals surface area contributed by atoms with Crippen molar-refractivity contribution in [3.8, 4) is 27.9 Å². The Labute approximate surface area is 340 Å². The molecule has 10 aromatic rings.